The van der Waals surface area contributed by atoms with Crippen LogP contribution in [0.5, 0.6) is 0 Å². The number of anilines is 1. The van der Waals surface area contributed by atoms with Gasteiger partial charge in [0.2, 0.25) is 0 Å². The van der Waals surface area contributed by atoms with E-state index < -0.39 is 5.82 Å². The third-order valence-electron chi connectivity index (χ3n) is 7.75. The fourth-order valence-electron chi connectivity index (χ4n) is 5.89. The summed E-state index contributed by atoms with van der Waals surface area (Å²) in [6, 6.07) is 12.4. The van der Waals surface area contributed by atoms with E-state index in [-0.39, 0.29) is 24.5 Å². The first kappa shape index (κ1) is 24.3. The van der Waals surface area contributed by atoms with E-state index >= 15 is 0 Å². The predicted octanol–water partition coefficient (Wildman–Crippen LogP) is 4.01. The molecule has 38 heavy (non-hydrogen) atoms. The molecule has 1 aliphatic carbocycles. The van der Waals surface area contributed by atoms with Gasteiger partial charge in [-0.1, -0.05) is 12.1 Å². The molecule has 0 saturated heterocycles. The molecule has 1 aromatic carbocycles. The van der Waals surface area contributed by atoms with Gasteiger partial charge in [-0.05, 0) is 72.7 Å². The van der Waals surface area contributed by atoms with Crippen LogP contribution in [0.2, 0.25) is 0 Å². The van der Waals surface area contributed by atoms with E-state index in [2.05, 4.69) is 9.55 Å². The zero-order valence-corrected chi connectivity index (χ0v) is 21.3. The Morgan fingerprint density at radius 1 is 1.05 bits per heavy atom. The molecule has 4 heterocycles. The monoisotopic (exact) mass is 512 g/mol. The Labute approximate surface area is 219 Å². The lowest BCUT2D eigenvalue weighted by atomic mass is 9.96. The second-order valence-electron chi connectivity index (χ2n) is 10.1. The number of hydrogen-bond acceptors (Lipinski definition) is 4. The number of pyridine rings is 2. The van der Waals surface area contributed by atoms with Gasteiger partial charge < -0.3 is 19.1 Å². The summed E-state index contributed by atoms with van der Waals surface area (Å²) in [5, 5.41) is 10.5. The van der Waals surface area contributed by atoms with Crippen molar-refractivity contribution in [2.24, 2.45) is 7.05 Å². The summed E-state index contributed by atoms with van der Waals surface area (Å²) in [7, 11) is 1.68. The van der Waals surface area contributed by atoms with Crippen molar-refractivity contribution in [1.82, 2.24) is 14.1 Å². The van der Waals surface area contributed by atoms with Gasteiger partial charge in [-0.25, -0.2) is 4.39 Å². The van der Waals surface area contributed by atoms with Crippen LogP contribution in [0.15, 0.2) is 59.7 Å². The number of hydrogen-bond donors (Lipinski definition) is 1. The second kappa shape index (κ2) is 9.68. The molecule has 0 spiro atoms. The van der Waals surface area contributed by atoms with Crippen molar-refractivity contribution in [2.75, 3.05) is 11.4 Å². The van der Waals surface area contributed by atoms with Crippen LogP contribution >= 0.6 is 0 Å². The number of carbonyl (C=O) groups is 1. The molecule has 3 aromatic heterocycles. The number of aliphatic hydroxyl groups excluding tert-OH is 1. The molecule has 0 unspecified atom stereocenters. The maximum absolute atomic E-state index is 13.7. The smallest absolute Gasteiger partial charge is 0.274 e. The van der Waals surface area contributed by atoms with Gasteiger partial charge in [0.25, 0.3) is 11.5 Å². The molecule has 0 saturated carbocycles. The largest absolute Gasteiger partial charge is 0.392 e. The highest BCUT2D eigenvalue weighted by atomic mass is 19.1. The van der Waals surface area contributed by atoms with Crippen molar-refractivity contribution < 1.29 is 14.3 Å². The molecule has 8 heteroatoms. The van der Waals surface area contributed by atoms with E-state index in [4.69, 9.17) is 0 Å². The van der Waals surface area contributed by atoms with Gasteiger partial charge in [0.1, 0.15) is 11.5 Å². The van der Waals surface area contributed by atoms with Gasteiger partial charge in [-0.15, -0.1) is 0 Å². The van der Waals surface area contributed by atoms with Crippen molar-refractivity contribution in [3.63, 3.8) is 0 Å². The minimum Gasteiger partial charge on any atom is -0.392 e. The lowest BCUT2D eigenvalue weighted by Crippen LogP contribution is -2.41. The van der Waals surface area contributed by atoms with E-state index in [1.54, 1.807) is 30.3 Å². The van der Waals surface area contributed by atoms with Gasteiger partial charge in [-0.2, -0.15) is 0 Å². The molecule has 4 aromatic rings. The molecule has 6 rings (SSSR count). The molecule has 1 N–H and O–H groups in total. The highest BCUT2D eigenvalue weighted by molar-refractivity contribution is 6.07. The molecule has 0 radical (unpaired) electrons. The minimum absolute atomic E-state index is 0.0546. The molecule has 0 fully saturated rings. The van der Waals surface area contributed by atoms with Gasteiger partial charge in [0, 0.05) is 55.3 Å². The number of rotatable bonds is 5. The van der Waals surface area contributed by atoms with Gasteiger partial charge in [-0.3, -0.25) is 14.6 Å². The van der Waals surface area contributed by atoms with Crippen LogP contribution in [0.4, 0.5) is 10.1 Å². The van der Waals surface area contributed by atoms with Crippen LogP contribution in [0.25, 0.3) is 11.1 Å². The quantitative estimate of drug-likeness (QED) is 0.438. The summed E-state index contributed by atoms with van der Waals surface area (Å²) in [5.41, 5.74) is 7.03. The van der Waals surface area contributed by atoms with Crippen molar-refractivity contribution in [3.8, 4) is 11.1 Å². The summed E-state index contributed by atoms with van der Waals surface area (Å²) in [6.45, 7) is 0.989. The standard InChI is InChI=1S/C30H29FN4O3/c1-33-17-21(13-20(29(33)37)14-23-10-9-22(31)16-32-23)24-6-4-8-27(25(24)18-36)35-12-11-34-26-7-3-2-5-19(26)15-28(34)30(35)38/h4,6,8-10,13,15-17,36H,2-3,5,7,11-12,14,18H2,1H3. The van der Waals surface area contributed by atoms with Crippen LogP contribution in [0, 0.1) is 5.82 Å². The number of carbonyl (C=O) groups excluding carboxylic acids is 1. The lowest BCUT2D eigenvalue weighted by molar-refractivity contribution is 0.0964. The first-order valence-corrected chi connectivity index (χ1v) is 13.0. The zero-order chi connectivity index (χ0) is 26.4. The maximum Gasteiger partial charge on any atom is 0.274 e. The maximum atomic E-state index is 13.7. The van der Waals surface area contributed by atoms with Crippen molar-refractivity contribution in [1.29, 1.82) is 0 Å². The lowest BCUT2D eigenvalue weighted by Gasteiger charge is -2.31. The summed E-state index contributed by atoms with van der Waals surface area (Å²) >= 11 is 0. The number of aryl methyl sites for hydroxylation is 2. The highest BCUT2D eigenvalue weighted by Crippen LogP contribution is 2.35. The fourth-order valence-corrected chi connectivity index (χ4v) is 5.89. The minimum atomic E-state index is -0.431. The number of aromatic nitrogens is 3. The molecule has 0 atom stereocenters. The van der Waals surface area contributed by atoms with E-state index in [1.165, 1.54) is 21.9 Å². The normalized spacial score (nSPS) is 14.9. The molecule has 0 bridgehead atoms. The SMILES string of the molecule is Cn1cc(-c2cccc(N3CCn4c(cc5c4CCCC5)C3=O)c2CO)cc(Cc2ccc(F)cn2)c1=O. The van der Waals surface area contributed by atoms with Crippen molar-refractivity contribution in [2.45, 2.75) is 45.3 Å². The average molecular weight is 513 g/mol. The number of aliphatic hydroxyl groups is 1. The first-order valence-electron chi connectivity index (χ1n) is 13.0. The first-order chi connectivity index (χ1) is 18.4. The molecule has 7 nitrogen and oxygen atoms in total. The summed E-state index contributed by atoms with van der Waals surface area (Å²) in [4.78, 5) is 32.4. The van der Waals surface area contributed by atoms with Crippen LogP contribution in [0.3, 0.4) is 0 Å². The number of fused-ring (bicyclic) bond motifs is 3. The Hall–Kier alpha value is -4.04. The van der Waals surface area contributed by atoms with Gasteiger partial charge in [0.15, 0.2) is 0 Å². The van der Waals surface area contributed by atoms with Gasteiger partial charge in [0.05, 0.1) is 18.5 Å². The van der Waals surface area contributed by atoms with Crippen LogP contribution in [-0.4, -0.2) is 31.7 Å². The Morgan fingerprint density at radius 3 is 2.68 bits per heavy atom. The Balaban J connectivity index is 1.39. The van der Waals surface area contributed by atoms with E-state index in [9.17, 15) is 19.1 Å². The number of benzene rings is 1. The van der Waals surface area contributed by atoms with Crippen molar-refractivity contribution in [3.05, 3.63) is 105 Å². The van der Waals surface area contributed by atoms with E-state index in [0.29, 0.717) is 34.7 Å². The van der Waals surface area contributed by atoms with Crippen LogP contribution in [-0.2, 0) is 39.5 Å². The Morgan fingerprint density at radius 2 is 1.89 bits per heavy atom. The van der Waals surface area contributed by atoms with E-state index in [0.717, 1.165) is 49.6 Å². The average Bonchev–Trinajstić information content (AvgIpc) is 3.32. The summed E-state index contributed by atoms with van der Waals surface area (Å²) in [5.74, 6) is -0.486. The molecule has 1 aliphatic heterocycles. The number of nitrogens with zero attached hydrogens (tertiary/aromatic N) is 4. The van der Waals surface area contributed by atoms with Crippen LogP contribution in [0.1, 0.15) is 51.4 Å². The topological polar surface area (TPSA) is 80.4 Å². The summed E-state index contributed by atoms with van der Waals surface area (Å²) < 4.78 is 17.0. The Bertz CT molecular complexity index is 1600. The van der Waals surface area contributed by atoms with E-state index in [1.807, 2.05) is 24.3 Å². The molecule has 1 amide bonds. The third-order valence-corrected chi connectivity index (χ3v) is 7.75. The second-order valence-corrected chi connectivity index (χ2v) is 10.1. The zero-order valence-electron chi connectivity index (χ0n) is 21.3. The Kier molecular flexibility index (Phi) is 6.19. The molecular weight excluding hydrogens is 483 g/mol. The number of amides is 1. The third kappa shape index (κ3) is 4.15. The fraction of sp³-hybridized carbons (Fsp3) is 0.300. The van der Waals surface area contributed by atoms with Gasteiger partial charge >= 0.3 is 0 Å². The van der Waals surface area contributed by atoms with Crippen molar-refractivity contribution >= 4 is 11.6 Å². The summed E-state index contributed by atoms with van der Waals surface area (Å²) in [6.07, 6.45) is 7.47. The molecule has 194 valence electrons. The molecule has 2 aliphatic rings. The predicted molar refractivity (Wildman–Crippen MR) is 143 cm³/mol. The van der Waals surface area contributed by atoms with Crippen LogP contribution < -0.4 is 10.5 Å². The number of halogens is 1. The molecular formula is C30H29FN4O3. The highest BCUT2D eigenvalue weighted by Gasteiger charge is 2.31.